The quantitative estimate of drug-likeness (QED) is 0.749. The van der Waals surface area contributed by atoms with Gasteiger partial charge in [0.05, 0.1) is 0 Å². The van der Waals surface area contributed by atoms with E-state index in [4.69, 9.17) is 27.5 Å². The van der Waals surface area contributed by atoms with E-state index in [2.05, 4.69) is 10.6 Å². The number of hydrogen-bond donors (Lipinski definition) is 3. The number of carboxylic acids is 2. The van der Waals surface area contributed by atoms with Crippen molar-refractivity contribution in [2.24, 2.45) is 5.73 Å². The van der Waals surface area contributed by atoms with Gasteiger partial charge in [-0.3, -0.25) is 0 Å². The molecule has 0 bridgehead atoms. The minimum Gasteiger partial charge on any atom is -0.478 e. The fraction of sp³-hybridized carbons (Fsp3) is 0.200. The second-order valence-corrected chi connectivity index (χ2v) is 5.09. The lowest BCUT2D eigenvalue weighted by atomic mass is 10.2. The lowest BCUT2D eigenvalue weighted by Crippen LogP contribution is -2.21. The Kier molecular flexibility index (Phi) is 6.62. The summed E-state index contributed by atoms with van der Waals surface area (Å²) in [5.41, 5.74) is 6.94. The summed E-state index contributed by atoms with van der Waals surface area (Å²) < 4.78 is 2.15. The highest BCUT2D eigenvalue weighted by Gasteiger charge is 2.02. The number of aromatic nitrogens is 1. The van der Waals surface area contributed by atoms with Gasteiger partial charge in [-0.05, 0) is 31.2 Å². The lowest BCUT2D eigenvalue weighted by Gasteiger charge is -2.08. The van der Waals surface area contributed by atoms with E-state index in [1.165, 1.54) is 5.52 Å². The van der Waals surface area contributed by atoms with Crippen molar-refractivity contribution >= 4 is 34.4 Å². The van der Waals surface area contributed by atoms with Crippen LogP contribution in [-0.2, 0) is 16.1 Å². The van der Waals surface area contributed by atoms with Gasteiger partial charge in [0.15, 0.2) is 0 Å². The monoisotopic (exact) mass is 324 g/mol. The highest BCUT2D eigenvalue weighted by Crippen LogP contribution is 2.20. The number of carboxylic acid groups (broad SMARTS) is 2. The van der Waals surface area contributed by atoms with E-state index >= 15 is 0 Å². The van der Waals surface area contributed by atoms with Crippen LogP contribution in [0, 0.1) is 0 Å². The molecule has 2 rings (SSSR count). The highest BCUT2D eigenvalue weighted by molar-refractivity contribution is 6.31. The van der Waals surface area contributed by atoms with Gasteiger partial charge >= 0.3 is 11.9 Å². The van der Waals surface area contributed by atoms with Crippen LogP contribution in [0.2, 0.25) is 5.02 Å². The van der Waals surface area contributed by atoms with Crippen molar-refractivity contribution in [2.75, 3.05) is 0 Å². The van der Waals surface area contributed by atoms with E-state index < -0.39 is 11.9 Å². The number of fused-ring (bicyclic) bond motifs is 1. The van der Waals surface area contributed by atoms with Gasteiger partial charge in [-0.1, -0.05) is 11.6 Å². The molecule has 0 aliphatic carbocycles. The van der Waals surface area contributed by atoms with Crippen LogP contribution in [0.1, 0.15) is 6.92 Å². The minimum atomic E-state index is -1.26. The summed E-state index contributed by atoms with van der Waals surface area (Å²) in [5, 5.41) is 17.6. The van der Waals surface area contributed by atoms with Crippen LogP contribution in [-0.4, -0.2) is 32.8 Å². The van der Waals surface area contributed by atoms with Gasteiger partial charge in [-0.2, -0.15) is 0 Å². The Labute approximate surface area is 132 Å². The SMILES string of the molecule is CC(N)Cn1ccc2cc(Cl)ccc21.O=C(O)/C=C/C(=O)O. The molecule has 1 heterocycles. The second-order valence-electron chi connectivity index (χ2n) is 4.66. The summed E-state index contributed by atoms with van der Waals surface area (Å²) in [6.45, 7) is 2.84. The van der Waals surface area contributed by atoms with Gasteiger partial charge in [-0.25, -0.2) is 9.59 Å². The van der Waals surface area contributed by atoms with Crippen LogP contribution in [0.15, 0.2) is 42.6 Å². The average Bonchev–Trinajstić information content (AvgIpc) is 2.78. The third-order valence-corrected chi connectivity index (χ3v) is 2.82. The van der Waals surface area contributed by atoms with Crippen molar-refractivity contribution in [3.05, 3.63) is 47.6 Å². The molecule has 1 unspecified atom stereocenters. The van der Waals surface area contributed by atoms with Gasteiger partial charge in [0, 0.05) is 46.9 Å². The van der Waals surface area contributed by atoms with Crippen molar-refractivity contribution < 1.29 is 19.8 Å². The first-order valence-corrected chi connectivity index (χ1v) is 6.81. The van der Waals surface area contributed by atoms with Crippen molar-refractivity contribution in [3.8, 4) is 0 Å². The van der Waals surface area contributed by atoms with Crippen LogP contribution in [0.25, 0.3) is 10.9 Å². The van der Waals surface area contributed by atoms with E-state index in [-0.39, 0.29) is 6.04 Å². The van der Waals surface area contributed by atoms with Crippen molar-refractivity contribution in [1.82, 2.24) is 4.57 Å². The van der Waals surface area contributed by atoms with Gasteiger partial charge in [0.1, 0.15) is 0 Å². The number of nitrogens with zero attached hydrogens (tertiary/aromatic N) is 1. The maximum atomic E-state index is 9.55. The Morgan fingerprint density at radius 2 is 1.86 bits per heavy atom. The maximum absolute atomic E-state index is 9.55. The smallest absolute Gasteiger partial charge is 0.328 e. The van der Waals surface area contributed by atoms with E-state index in [1.807, 2.05) is 31.3 Å². The molecule has 0 fully saturated rings. The largest absolute Gasteiger partial charge is 0.478 e. The minimum absolute atomic E-state index is 0.168. The number of rotatable bonds is 4. The van der Waals surface area contributed by atoms with Crippen LogP contribution in [0.3, 0.4) is 0 Å². The van der Waals surface area contributed by atoms with Crippen LogP contribution in [0.5, 0.6) is 0 Å². The molecule has 4 N–H and O–H groups in total. The van der Waals surface area contributed by atoms with Gasteiger partial charge < -0.3 is 20.5 Å². The fourth-order valence-electron chi connectivity index (χ4n) is 1.78. The molecule has 0 amide bonds. The zero-order chi connectivity index (χ0) is 16.7. The summed E-state index contributed by atoms with van der Waals surface area (Å²) >= 11 is 5.90. The Balaban J connectivity index is 0.000000261. The Hall–Kier alpha value is -2.31. The number of nitrogens with two attached hydrogens (primary N) is 1. The Morgan fingerprint density at radius 1 is 1.27 bits per heavy atom. The third-order valence-electron chi connectivity index (χ3n) is 2.59. The lowest BCUT2D eigenvalue weighted by molar-refractivity contribution is -0.134. The molecule has 2 aromatic rings. The van der Waals surface area contributed by atoms with Crippen LogP contribution in [0.4, 0.5) is 0 Å². The predicted octanol–water partition coefficient (Wildman–Crippen LogP) is 2.35. The van der Waals surface area contributed by atoms with Gasteiger partial charge in [-0.15, -0.1) is 0 Å². The summed E-state index contributed by atoms with van der Waals surface area (Å²) in [6, 6.07) is 8.13. The van der Waals surface area contributed by atoms with Crippen molar-refractivity contribution in [3.63, 3.8) is 0 Å². The molecule has 7 heteroatoms. The topological polar surface area (TPSA) is 106 Å². The molecular weight excluding hydrogens is 308 g/mol. The molecule has 0 saturated heterocycles. The molecule has 0 aliphatic heterocycles. The number of hydrogen-bond acceptors (Lipinski definition) is 3. The Bertz CT molecular complexity index is 676. The molecule has 0 radical (unpaired) electrons. The first kappa shape index (κ1) is 17.7. The molecule has 1 aromatic heterocycles. The summed E-state index contributed by atoms with van der Waals surface area (Å²) in [7, 11) is 0. The van der Waals surface area contributed by atoms with E-state index in [1.54, 1.807) is 0 Å². The summed E-state index contributed by atoms with van der Waals surface area (Å²) in [6.07, 6.45) is 3.16. The average molecular weight is 325 g/mol. The predicted molar refractivity (Wildman–Crippen MR) is 85.0 cm³/mol. The zero-order valence-corrected chi connectivity index (χ0v) is 12.7. The number of benzene rings is 1. The number of aliphatic carboxylic acids is 2. The standard InChI is InChI=1S/C11H13ClN2.C4H4O4/c1-8(13)7-14-5-4-9-6-10(12)2-3-11(9)14;5-3(6)1-2-4(7)8/h2-6,8H,7,13H2,1H3;1-2H,(H,5,6)(H,7,8)/b;2-1+. The molecule has 1 atom stereocenters. The number of carbonyl (C=O) groups is 2. The molecule has 6 nitrogen and oxygen atoms in total. The molecule has 1 aromatic carbocycles. The highest BCUT2D eigenvalue weighted by atomic mass is 35.5. The molecule has 0 aliphatic rings. The van der Waals surface area contributed by atoms with Crippen LogP contribution >= 0.6 is 11.6 Å². The maximum Gasteiger partial charge on any atom is 0.328 e. The first-order chi connectivity index (χ1) is 10.3. The molecule has 118 valence electrons. The third kappa shape index (κ3) is 5.99. The summed E-state index contributed by atoms with van der Waals surface area (Å²) in [5.74, 6) is -2.51. The molecule has 22 heavy (non-hydrogen) atoms. The second kappa shape index (κ2) is 8.21. The van der Waals surface area contributed by atoms with Gasteiger partial charge in [0.2, 0.25) is 0 Å². The van der Waals surface area contributed by atoms with Crippen LogP contribution < -0.4 is 5.73 Å². The van der Waals surface area contributed by atoms with Crippen molar-refractivity contribution in [2.45, 2.75) is 19.5 Å². The molecule has 0 saturated carbocycles. The summed E-state index contributed by atoms with van der Waals surface area (Å²) in [4.78, 5) is 19.1. The zero-order valence-electron chi connectivity index (χ0n) is 11.9. The molecule has 0 spiro atoms. The van der Waals surface area contributed by atoms with E-state index in [0.717, 1.165) is 17.0 Å². The Morgan fingerprint density at radius 3 is 2.36 bits per heavy atom. The first-order valence-electron chi connectivity index (χ1n) is 6.43. The normalized spacial score (nSPS) is 12.0. The van der Waals surface area contributed by atoms with E-state index in [9.17, 15) is 9.59 Å². The molecular formula is C15H17ClN2O4. The fourth-order valence-corrected chi connectivity index (χ4v) is 1.96. The van der Waals surface area contributed by atoms with Crippen molar-refractivity contribution in [1.29, 1.82) is 0 Å². The van der Waals surface area contributed by atoms with Gasteiger partial charge in [0.25, 0.3) is 0 Å². The number of halogens is 1. The van der Waals surface area contributed by atoms with E-state index in [0.29, 0.717) is 12.2 Å².